The Hall–Kier alpha value is -1.71. The van der Waals surface area contributed by atoms with Crippen LogP contribution in [-0.4, -0.2) is 29.2 Å². The Balaban J connectivity index is 1.89. The van der Waals surface area contributed by atoms with E-state index in [9.17, 15) is 13.2 Å². The fourth-order valence-electron chi connectivity index (χ4n) is 2.73. The zero-order valence-electron chi connectivity index (χ0n) is 15.8. The molecule has 0 fully saturated rings. The lowest BCUT2D eigenvalue weighted by molar-refractivity contribution is -0.137. The normalized spacial score (nSPS) is 12.7. The summed E-state index contributed by atoms with van der Waals surface area (Å²) in [5.41, 5.74) is 0.464. The highest BCUT2D eigenvalue weighted by Gasteiger charge is 2.34. The van der Waals surface area contributed by atoms with E-state index in [-0.39, 0.29) is 11.4 Å². The molecule has 0 bridgehead atoms. The average Bonchev–Trinajstić information content (AvgIpc) is 2.93. The van der Waals surface area contributed by atoms with Crippen LogP contribution in [0.1, 0.15) is 5.56 Å². The second-order valence-electron chi connectivity index (χ2n) is 7.77. The van der Waals surface area contributed by atoms with Gasteiger partial charge in [-0.2, -0.15) is 13.2 Å². The Morgan fingerprint density at radius 3 is 2.57 bits per heavy atom. The highest BCUT2D eigenvalue weighted by Crippen LogP contribution is 2.36. The van der Waals surface area contributed by atoms with Crippen LogP contribution in [0.4, 0.5) is 13.2 Å². The fraction of sp³-hybridized carbons (Fsp3) is 0.368. The van der Waals surface area contributed by atoms with Crippen molar-refractivity contribution < 1.29 is 17.9 Å². The predicted molar refractivity (Wildman–Crippen MR) is 110 cm³/mol. The lowest BCUT2D eigenvalue weighted by Crippen LogP contribution is -2.21. The molecule has 0 saturated carbocycles. The van der Waals surface area contributed by atoms with Crippen LogP contribution < -0.4 is 0 Å². The van der Waals surface area contributed by atoms with E-state index in [4.69, 9.17) is 4.74 Å². The van der Waals surface area contributed by atoms with Crippen LogP contribution in [-0.2, 0) is 17.6 Å². The van der Waals surface area contributed by atoms with Crippen molar-refractivity contribution in [1.82, 2.24) is 14.5 Å². The fourth-order valence-corrected chi connectivity index (χ4v) is 4.03. The summed E-state index contributed by atoms with van der Waals surface area (Å²) < 4.78 is 48.2. The minimum Gasteiger partial charge on any atom is -0.361 e. The highest BCUT2D eigenvalue weighted by atomic mass is 79.9. The number of rotatable bonds is 6. The van der Waals surface area contributed by atoms with Gasteiger partial charge < -0.3 is 9.30 Å². The summed E-state index contributed by atoms with van der Waals surface area (Å²) in [5, 5.41) is 0. The number of fused-ring (bicyclic) bond motifs is 1. The molecule has 28 heavy (non-hydrogen) atoms. The molecule has 0 aliphatic heterocycles. The van der Waals surface area contributed by atoms with Gasteiger partial charge in [0.15, 0.2) is 5.82 Å². The first-order chi connectivity index (χ1) is 13.1. The second kappa shape index (κ2) is 7.96. The molecule has 0 aliphatic rings. The van der Waals surface area contributed by atoms with Crippen LogP contribution in [0.3, 0.4) is 0 Å². The number of aromatic nitrogens is 3. The van der Waals surface area contributed by atoms with Crippen molar-refractivity contribution >= 4 is 35.0 Å². The zero-order chi connectivity index (χ0) is 20.5. The zero-order valence-corrected chi connectivity index (χ0v) is 18.4. The molecule has 1 aromatic carbocycles. The van der Waals surface area contributed by atoms with Gasteiger partial charge in [0, 0.05) is 26.4 Å². The third kappa shape index (κ3) is 4.82. The van der Waals surface area contributed by atoms with Crippen molar-refractivity contribution in [3.63, 3.8) is 0 Å². The molecule has 3 aromatic rings. The summed E-state index contributed by atoms with van der Waals surface area (Å²) in [5.74, 6) is 0.0403. The molecular weight excluding hydrogens is 451 g/mol. The number of benzene rings is 1. The largest absolute Gasteiger partial charge is 0.417 e. The minimum atomic E-state index is -4.47. The maximum absolute atomic E-state index is 13.3. The molecular formula is C19H21BrF3N3OSi. The molecule has 9 heteroatoms. The summed E-state index contributed by atoms with van der Waals surface area (Å²) in [6.07, 6.45) is -1.12. The van der Waals surface area contributed by atoms with Gasteiger partial charge in [0.1, 0.15) is 12.2 Å². The lowest BCUT2D eigenvalue weighted by Gasteiger charge is -2.15. The van der Waals surface area contributed by atoms with Crippen molar-refractivity contribution in [2.24, 2.45) is 0 Å². The van der Waals surface area contributed by atoms with Crippen molar-refractivity contribution in [3.05, 3.63) is 46.7 Å². The molecule has 0 N–H and O–H groups in total. The van der Waals surface area contributed by atoms with Crippen LogP contribution >= 0.6 is 15.9 Å². The smallest absolute Gasteiger partial charge is 0.361 e. The molecule has 2 heterocycles. The first-order valence-corrected chi connectivity index (χ1v) is 13.3. The standard InChI is InChI=1S/C19H21BrF3N3OSi/c1-28(2,3)9-8-27-12-26-11-15(20)17-16(26)10-24-18(25-17)13-6-4-5-7-14(13)19(21,22)23/h4-7,10-11H,8-9,12H2,1-3H3. The maximum Gasteiger partial charge on any atom is 0.417 e. The molecule has 2 aromatic heterocycles. The third-order valence-corrected chi connectivity index (χ3v) is 6.56. The van der Waals surface area contributed by atoms with Crippen molar-refractivity contribution in [3.8, 4) is 11.4 Å². The first-order valence-electron chi connectivity index (χ1n) is 8.82. The van der Waals surface area contributed by atoms with Gasteiger partial charge in [0.05, 0.1) is 21.7 Å². The highest BCUT2D eigenvalue weighted by molar-refractivity contribution is 9.10. The molecule has 150 valence electrons. The van der Waals surface area contributed by atoms with E-state index in [1.807, 2.05) is 10.8 Å². The first kappa shape index (κ1) is 21.0. The quantitative estimate of drug-likeness (QED) is 0.317. The SMILES string of the molecule is C[Si](C)(C)CCOCn1cc(Br)c2nc(-c3ccccc3C(F)(F)F)ncc21. The van der Waals surface area contributed by atoms with E-state index in [1.54, 1.807) is 6.07 Å². The van der Waals surface area contributed by atoms with Crippen molar-refractivity contribution in [2.75, 3.05) is 6.61 Å². The van der Waals surface area contributed by atoms with E-state index < -0.39 is 19.8 Å². The second-order valence-corrected chi connectivity index (χ2v) is 14.2. The summed E-state index contributed by atoms with van der Waals surface area (Å²) in [6, 6.07) is 6.38. The number of halogens is 4. The lowest BCUT2D eigenvalue weighted by atomic mass is 10.1. The number of ether oxygens (including phenoxy) is 1. The molecule has 0 radical (unpaired) electrons. The number of hydrogen-bond acceptors (Lipinski definition) is 3. The van der Waals surface area contributed by atoms with Gasteiger partial charge in [-0.15, -0.1) is 0 Å². The summed E-state index contributed by atoms with van der Waals surface area (Å²) in [4.78, 5) is 8.57. The molecule has 0 atom stereocenters. The Morgan fingerprint density at radius 1 is 1.18 bits per heavy atom. The number of hydrogen-bond donors (Lipinski definition) is 0. The van der Waals surface area contributed by atoms with Gasteiger partial charge in [-0.3, -0.25) is 0 Å². The summed E-state index contributed by atoms with van der Waals surface area (Å²) >= 11 is 3.44. The van der Waals surface area contributed by atoms with E-state index in [2.05, 4.69) is 45.5 Å². The number of nitrogens with zero attached hydrogens (tertiary/aromatic N) is 3. The molecule has 4 nitrogen and oxygen atoms in total. The Bertz CT molecular complexity index is 983. The van der Waals surface area contributed by atoms with Gasteiger partial charge in [-0.05, 0) is 28.0 Å². The van der Waals surface area contributed by atoms with Crippen LogP contribution in [0.25, 0.3) is 22.4 Å². The molecule has 0 spiro atoms. The number of alkyl halides is 3. The van der Waals surface area contributed by atoms with Gasteiger partial charge in [-0.1, -0.05) is 37.8 Å². The van der Waals surface area contributed by atoms with Gasteiger partial charge in [0.25, 0.3) is 0 Å². The van der Waals surface area contributed by atoms with Crippen molar-refractivity contribution in [1.29, 1.82) is 0 Å². The summed E-state index contributed by atoms with van der Waals surface area (Å²) in [6.45, 7) is 7.86. The van der Waals surface area contributed by atoms with Crippen LogP contribution in [0.2, 0.25) is 25.7 Å². The molecule has 0 unspecified atom stereocenters. The van der Waals surface area contributed by atoms with E-state index in [0.717, 1.165) is 12.1 Å². The molecule has 0 amide bonds. The topological polar surface area (TPSA) is 39.9 Å². The maximum atomic E-state index is 13.3. The molecule has 0 aliphatic carbocycles. The monoisotopic (exact) mass is 471 g/mol. The van der Waals surface area contributed by atoms with Gasteiger partial charge >= 0.3 is 6.18 Å². The van der Waals surface area contributed by atoms with E-state index in [1.165, 1.54) is 18.3 Å². The van der Waals surface area contributed by atoms with Crippen LogP contribution in [0, 0.1) is 0 Å². The van der Waals surface area contributed by atoms with E-state index >= 15 is 0 Å². The molecule has 0 saturated heterocycles. The Morgan fingerprint density at radius 2 is 1.89 bits per heavy atom. The molecule has 3 rings (SSSR count). The van der Waals surface area contributed by atoms with Crippen LogP contribution in [0.5, 0.6) is 0 Å². The Labute approximate surface area is 170 Å². The Kier molecular flexibility index (Phi) is 5.97. The van der Waals surface area contributed by atoms with Gasteiger partial charge in [-0.25, -0.2) is 9.97 Å². The van der Waals surface area contributed by atoms with Crippen LogP contribution in [0.15, 0.2) is 41.1 Å². The predicted octanol–water partition coefficient (Wildman–Crippen LogP) is 6.19. The average molecular weight is 472 g/mol. The van der Waals surface area contributed by atoms with Crippen molar-refractivity contribution in [2.45, 2.75) is 38.6 Å². The minimum absolute atomic E-state index is 0.0389. The van der Waals surface area contributed by atoms with Gasteiger partial charge in [0.2, 0.25) is 0 Å². The summed E-state index contributed by atoms with van der Waals surface area (Å²) in [7, 11) is -1.17. The van der Waals surface area contributed by atoms with E-state index in [0.29, 0.717) is 28.8 Å². The third-order valence-electron chi connectivity index (χ3n) is 4.27.